The van der Waals surface area contributed by atoms with Crippen molar-refractivity contribution >= 4 is 11.8 Å². The molecule has 0 radical (unpaired) electrons. The van der Waals surface area contributed by atoms with E-state index in [1.165, 1.54) is 0 Å². The van der Waals surface area contributed by atoms with E-state index in [0.717, 1.165) is 67.1 Å². The van der Waals surface area contributed by atoms with Gasteiger partial charge in [0.1, 0.15) is 23.5 Å². The zero-order valence-corrected chi connectivity index (χ0v) is 21.6. The van der Waals surface area contributed by atoms with Crippen LogP contribution in [-0.4, -0.2) is 63.1 Å². The third kappa shape index (κ3) is 5.91. The highest BCUT2D eigenvalue weighted by Gasteiger charge is 2.43. The number of hydrogen-bond acceptors (Lipinski definition) is 6. The van der Waals surface area contributed by atoms with E-state index in [1.54, 1.807) is 7.11 Å². The molecule has 3 N–H and O–H groups in total. The molecule has 3 aliphatic heterocycles. The molecule has 2 aromatic rings. The third-order valence-electron chi connectivity index (χ3n) is 7.62. The average molecular weight is 507 g/mol. The molecule has 0 aromatic heterocycles. The largest absolute Gasteiger partial charge is 0.497 e. The first-order valence-corrected chi connectivity index (χ1v) is 13.6. The molecule has 0 aliphatic carbocycles. The summed E-state index contributed by atoms with van der Waals surface area (Å²) < 4.78 is 11.8. The lowest BCUT2D eigenvalue weighted by molar-refractivity contribution is -0.134. The maximum atomic E-state index is 14.3. The fourth-order valence-corrected chi connectivity index (χ4v) is 5.58. The molecule has 0 fully saturated rings. The van der Waals surface area contributed by atoms with E-state index in [0.29, 0.717) is 32.5 Å². The van der Waals surface area contributed by atoms with Gasteiger partial charge < -0.3 is 30.3 Å². The number of ether oxygens (including phenoxy) is 2. The van der Waals surface area contributed by atoms with E-state index < -0.39 is 12.0 Å². The number of nitrogens with one attached hydrogen (secondary N) is 3. The Balaban J connectivity index is 1.57. The number of amides is 2. The molecule has 4 bridgehead atoms. The molecule has 3 heterocycles. The van der Waals surface area contributed by atoms with E-state index in [2.05, 4.69) is 22.0 Å². The quantitative estimate of drug-likeness (QED) is 0.580. The van der Waals surface area contributed by atoms with Gasteiger partial charge in [0.2, 0.25) is 11.8 Å². The lowest BCUT2D eigenvalue weighted by Gasteiger charge is -2.28. The van der Waals surface area contributed by atoms with Gasteiger partial charge in [-0.05, 0) is 80.7 Å². The Labute approximate surface area is 219 Å². The van der Waals surface area contributed by atoms with Crippen molar-refractivity contribution in [3.8, 4) is 11.5 Å². The van der Waals surface area contributed by atoms with Crippen LogP contribution in [0.5, 0.6) is 11.5 Å². The summed E-state index contributed by atoms with van der Waals surface area (Å²) >= 11 is 0. The summed E-state index contributed by atoms with van der Waals surface area (Å²) in [7, 11) is 1.65. The fraction of sp³-hybridized carbons (Fsp3) is 0.517. The second-order valence-corrected chi connectivity index (χ2v) is 10.1. The minimum Gasteiger partial charge on any atom is -0.497 e. The van der Waals surface area contributed by atoms with Crippen LogP contribution in [0, 0.1) is 0 Å². The van der Waals surface area contributed by atoms with Gasteiger partial charge in [0, 0.05) is 37.7 Å². The molecule has 0 unspecified atom stereocenters. The molecule has 8 heteroatoms. The monoisotopic (exact) mass is 506 g/mol. The Morgan fingerprint density at radius 3 is 2.43 bits per heavy atom. The highest BCUT2D eigenvalue weighted by Crippen LogP contribution is 2.48. The molecular weight excluding hydrogens is 468 g/mol. The predicted octanol–water partition coefficient (Wildman–Crippen LogP) is 3.06. The van der Waals surface area contributed by atoms with Crippen LogP contribution in [-0.2, 0) is 9.59 Å². The van der Waals surface area contributed by atoms with Crippen LogP contribution in [0.3, 0.4) is 0 Å². The molecule has 0 spiro atoms. The van der Waals surface area contributed by atoms with Crippen LogP contribution in [0.1, 0.15) is 66.9 Å². The Hall–Kier alpha value is -3.10. The molecule has 2 amide bonds. The summed E-state index contributed by atoms with van der Waals surface area (Å²) in [6.45, 7) is 4.49. The van der Waals surface area contributed by atoms with Crippen molar-refractivity contribution in [3.63, 3.8) is 0 Å². The molecule has 0 saturated heterocycles. The van der Waals surface area contributed by atoms with Crippen molar-refractivity contribution in [1.29, 1.82) is 0 Å². The first-order chi connectivity index (χ1) is 18.1. The summed E-state index contributed by atoms with van der Waals surface area (Å²) in [5.41, 5.74) is 2.87. The summed E-state index contributed by atoms with van der Waals surface area (Å²) in [6, 6.07) is 13.8. The predicted molar refractivity (Wildman–Crippen MR) is 142 cm³/mol. The Bertz CT molecular complexity index is 1090. The maximum Gasteiger partial charge on any atom is 0.234 e. The molecule has 0 saturated carbocycles. The van der Waals surface area contributed by atoms with Gasteiger partial charge in [-0.1, -0.05) is 18.2 Å². The molecule has 3 atom stereocenters. The standard InChI is InChI=1S/C29H38N4O4/c1-36-22-9-6-20(7-10-22)28-27-23-18-21(8-11-25(23)37-28)24-19-26(34)32-15-5-17-33(29(27)35)16-4-13-30-12-2-3-14-31-24/h6-11,18,24,27-28,30-31H,2-5,12-17,19H2,1H3,(H,32,34)/t24-,27-,28+/m0/s1. The lowest BCUT2D eigenvalue weighted by Crippen LogP contribution is -2.40. The Morgan fingerprint density at radius 1 is 0.892 bits per heavy atom. The summed E-state index contributed by atoms with van der Waals surface area (Å²) in [4.78, 5) is 29.1. The smallest absolute Gasteiger partial charge is 0.234 e. The molecule has 5 rings (SSSR count). The number of carbonyl (C=O) groups excluding carboxylic acids is 2. The summed E-state index contributed by atoms with van der Waals surface area (Å²) in [6.07, 6.45) is 3.64. The number of nitrogens with zero attached hydrogens (tertiary/aromatic N) is 1. The topological polar surface area (TPSA) is 91.9 Å². The van der Waals surface area contributed by atoms with Gasteiger partial charge in [-0.2, -0.15) is 0 Å². The summed E-state index contributed by atoms with van der Waals surface area (Å²) in [5.74, 6) is 1.17. The van der Waals surface area contributed by atoms with Crippen molar-refractivity contribution in [2.75, 3.05) is 46.4 Å². The zero-order chi connectivity index (χ0) is 25.6. The molecule has 198 valence electrons. The minimum atomic E-state index is -0.450. The summed E-state index contributed by atoms with van der Waals surface area (Å²) in [5, 5.41) is 10.2. The van der Waals surface area contributed by atoms with E-state index in [1.807, 2.05) is 41.3 Å². The van der Waals surface area contributed by atoms with Crippen molar-refractivity contribution < 1.29 is 19.1 Å². The second kappa shape index (κ2) is 12.0. The third-order valence-corrected chi connectivity index (χ3v) is 7.62. The number of rotatable bonds is 2. The van der Waals surface area contributed by atoms with E-state index in [4.69, 9.17) is 9.47 Å². The van der Waals surface area contributed by atoms with Crippen molar-refractivity contribution in [2.45, 2.75) is 50.2 Å². The molecule has 3 aliphatic rings. The number of methoxy groups -OCH3 is 1. The van der Waals surface area contributed by atoms with Gasteiger partial charge in [0.25, 0.3) is 0 Å². The highest BCUT2D eigenvalue weighted by atomic mass is 16.5. The normalized spacial score (nSPS) is 25.3. The van der Waals surface area contributed by atoms with Crippen LogP contribution in [0.25, 0.3) is 0 Å². The number of hydrogen-bond donors (Lipinski definition) is 3. The average Bonchev–Trinajstić information content (AvgIpc) is 3.30. The van der Waals surface area contributed by atoms with Crippen LogP contribution in [0.15, 0.2) is 42.5 Å². The van der Waals surface area contributed by atoms with Crippen LogP contribution >= 0.6 is 0 Å². The minimum absolute atomic E-state index is 0.0324. The van der Waals surface area contributed by atoms with Gasteiger partial charge in [-0.25, -0.2) is 0 Å². The molecule has 2 aromatic carbocycles. The number of benzene rings is 2. The number of carbonyl (C=O) groups is 2. The van der Waals surface area contributed by atoms with E-state index in [-0.39, 0.29) is 17.9 Å². The van der Waals surface area contributed by atoms with Crippen LogP contribution in [0.2, 0.25) is 0 Å². The van der Waals surface area contributed by atoms with Crippen molar-refractivity contribution in [1.82, 2.24) is 20.9 Å². The van der Waals surface area contributed by atoms with Gasteiger partial charge in [0.15, 0.2) is 0 Å². The SMILES string of the molecule is COc1ccc([C@H]2Oc3ccc4cc3[C@@H]2C(=O)N2CCCNCCCCN[C@H]4CC(=O)NCCC2)cc1. The number of fused-ring (bicyclic) bond motifs is 1. The zero-order valence-electron chi connectivity index (χ0n) is 21.6. The van der Waals surface area contributed by atoms with E-state index in [9.17, 15) is 9.59 Å². The molecular formula is C29H38N4O4. The molecule has 37 heavy (non-hydrogen) atoms. The van der Waals surface area contributed by atoms with E-state index >= 15 is 0 Å². The van der Waals surface area contributed by atoms with Crippen molar-refractivity contribution in [2.24, 2.45) is 0 Å². The van der Waals surface area contributed by atoms with Crippen molar-refractivity contribution in [3.05, 3.63) is 59.2 Å². The van der Waals surface area contributed by atoms with Gasteiger partial charge in [-0.3, -0.25) is 9.59 Å². The van der Waals surface area contributed by atoms with Crippen LogP contribution < -0.4 is 25.4 Å². The second-order valence-electron chi connectivity index (χ2n) is 10.1. The van der Waals surface area contributed by atoms with Crippen LogP contribution in [0.4, 0.5) is 0 Å². The van der Waals surface area contributed by atoms with Gasteiger partial charge >= 0.3 is 0 Å². The van der Waals surface area contributed by atoms with Gasteiger partial charge in [0.05, 0.1) is 7.11 Å². The lowest BCUT2D eigenvalue weighted by atomic mass is 9.87. The van der Waals surface area contributed by atoms with Gasteiger partial charge in [-0.15, -0.1) is 0 Å². The first kappa shape index (κ1) is 25.5. The Kier molecular flexibility index (Phi) is 8.26. The maximum absolute atomic E-state index is 14.3. The fourth-order valence-electron chi connectivity index (χ4n) is 5.58. The first-order valence-electron chi connectivity index (χ1n) is 13.6. The molecule has 8 nitrogen and oxygen atoms in total. The highest BCUT2D eigenvalue weighted by molar-refractivity contribution is 5.87. The Morgan fingerprint density at radius 2 is 1.62 bits per heavy atom.